The van der Waals surface area contributed by atoms with Gasteiger partial charge in [0.05, 0.1) is 36.5 Å². The molecule has 0 amide bonds. The number of nitrogens with zero attached hydrogens (tertiary/aromatic N) is 3. The average molecular weight is 337 g/mol. The van der Waals surface area contributed by atoms with Crippen LogP contribution in [0.2, 0.25) is 0 Å². The minimum Gasteiger partial charge on any atom is -0.378 e. The van der Waals surface area contributed by atoms with E-state index in [4.69, 9.17) is 4.74 Å². The molecule has 8 nitrogen and oxygen atoms in total. The molecular formula is C14H19N5O3S. The van der Waals surface area contributed by atoms with Crippen molar-refractivity contribution in [1.82, 2.24) is 15.2 Å². The normalized spacial score (nSPS) is 15.7. The summed E-state index contributed by atoms with van der Waals surface area (Å²) in [5.41, 5.74) is 1.88. The smallest absolute Gasteiger partial charge is 0.266 e. The second-order valence-corrected chi connectivity index (χ2v) is 6.99. The predicted octanol–water partition coefficient (Wildman–Crippen LogP) is 1.06. The highest BCUT2D eigenvalue weighted by Gasteiger charge is 2.22. The van der Waals surface area contributed by atoms with E-state index in [-0.39, 0.29) is 10.7 Å². The predicted molar refractivity (Wildman–Crippen MR) is 86.1 cm³/mol. The molecule has 0 radical (unpaired) electrons. The lowest BCUT2D eigenvalue weighted by Crippen LogP contribution is -2.36. The van der Waals surface area contributed by atoms with Crippen molar-refractivity contribution in [2.45, 2.75) is 18.7 Å². The second kappa shape index (κ2) is 6.17. The fourth-order valence-electron chi connectivity index (χ4n) is 2.58. The number of sulfonamides is 1. The maximum Gasteiger partial charge on any atom is 0.266 e. The Balaban J connectivity index is 1.78. The van der Waals surface area contributed by atoms with E-state index in [1.165, 1.54) is 0 Å². The Bertz CT molecular complexity index is 760. The number of nitrogens with one attached hydrogen (secondary N) is 2. The standard InChI is InChI=1S/C14H19N5O3S/c1-10-14(11(2)17-16-10)23(20,21)18-13-4-3-12(9-15-13)19-5-7-22-8-6-19/h3-4,9H,5-8H2,1-2H3,(H,15,18)(H,16,17). The molecule has 2 aromatic heterocycles. The molecular weight excluding hydrogens is 318 g/mol. The zero-order valence-corrected chi connectivity index (χ0v) is 13.9. The molecule has 1 aliphatic heterocycles. The molecule has 0 atom stereocenters. The van der Waals surface area contributed by atoms with Gasteiger partial charge in [0.15, 0.2) is 0 Å². The van der Waals surface area contributed by atoms with E-state index in [0.29, 0.717) is 24.6 Å². The Labute approximate surface area is 134 Å². The van der Waals surface area contributed by atoms with E-state index >= 15 is 0 Å². The van der Waals surface area contributed by atoms with Gasteiger partial charge in [-0.1, -0.05) is 0 Å². The highest BCUT2D eigenvalue weighted by molar-refractivity contribution is 7.92. The molecule has 124 valence electrons. The quantitative estimate of drug-likeness (QED) is 0.865. The monoisotopic (exact) mass is 337 g/mol. The summed E-state index contributed by atoms with van der Waals surface area (Å²) in [5, 5.41) is 6.59. The number of hydrogen-bond donors (Lipinski definition) is 2. The molecule has 0 aliphatic carbocycles. The molecule has 0 spiro atoms. The van der Waals surface area contributed by atoms with Crippen LogP contribution >= 0.6 is 0 Å². The third-order valence-corrected chi connectivity index (χ3v) is 5.31. The summed E-state index contributed by atoms with van der Waals surface area (Å²) in [5.74, 6) is 0.280. The first-order valence-corrected chi connectivity index (χ1v) is 8.79. The van der Waals surface area contributed by atoms with Crippen LogP contribution in [-0.4, -0.2) is 49.9 Å². The molecule has 1 fully saturated rings. The molecule has 23 heavy (non-hydrogen) atoms. The Hall–Kier alpha value is -2.13. The molecule has 0 unspecified atom stereocenters. The van der Waals surface area contributed by atoms with Crippen LogP contribution in [0, 0.1) is 13.8 Å². The highest BCUT2D eigenvalue weighted by atomic mass is 32.2. The number of ether oxygens (including phenoxy) is 1. The first-order chi connectivity index (χ1) is 11.0. The van der Waals surface area contributed by atoms with Gasteiger partial charge in [-0.2, -0.15) is 5.10 Å². The van der Waals surface area contributed by atoms with Crippen LogP contribution < -0.4 is 9.62 Å². The zero-order valence-electron chi connectivity index (χ0n) is 13.0. The molecule has 0 aromatic carbocycles. The minimum absolute atomic E-state index is 0.163. The largest absolute Gasteiger partial charge is 0.378 e. The van der Waals surface area contributed by atoms with Gasteiger partial charge in [-0.25, -0.2) is 13.4 Å². The fourth-order valence-corrected chi connectivity index (χ4v) is 3.96. The molecule has 3 heterocycles. The molecule has 2 N–H and O–H groups in total. The number of hydrogen-bond acceptors (Lipinski definition) is 6. The lowest BCUT2D eigenvalue weighted by molar-refractivity contribution is 0.122. The molecule has 9 heteroatoms. The van der Waals surface area contributed by atoms with Crippen LogP contribution in [0.4, 0.5) is 11.5 Å². The second-order valence-electron chi connectivity index (χ2n) is 5.37. The van der Waals surface area contributed by atoms with E-state index in [9.17, 15) is 8.42 Å². The number of rotatable bonds is 4. The number of aryl methyl sites for hydroxylation is 2. The van der Waals surface area contributed by atoms with Gasteiger partial charge in [-0.15, -0.1) is 0 Å². The number of morpholine rings is 1. The summed E-state index contributed by atoms with van der Waals surface area (Å²) in [6, 6.07) is 3.51. The topological polar surface area (TPSA) is 100 Å². The van der Waals surface area contributed by atoms with E-state index in [2.05, 4.69) is 24.8 Å². The maximum atomic E-state index is 12.5. The summed E-state index contributed by atoms with van der Waals surface area (Å²) in [7, 11) is -3.71. The van der Waals surface area contributed by atoms with Gasteiger partial charge < -0.3 is 9.64 Å². The zero-order chi connectivity index (χ0) is 16.4. The van der Waals surface area contributed by atoms with Crippen LogP contribution in [0.15, 0.2) is 23.2 Å². The van der Waals surface area contributed by atoms with Gasteiger partial charge in [0, 0.05) is 13.1 Å². The summed E-state index contributed by atoms with van der Waals surface area (Å²) >= 11 is 0. The summed E-state index contributed by atoms with van der Waals surface area (Å²) < 4.78 is 32.7. The molecule has 3 rings (SSSR count). The molecule has 2 aromatic rings. The summed E-state index contributed by atoms with van der Waals surface area (Å²) in [6.45, 7) is 6.30. The van der Waals surface area contributed by atoms with Gasteiger partial charge in [0.25, 0.3) is 10.0 Å². The number of H-pyrrole nitrogens is 1. The van der Waals surface area contributed by atoms with Crippen molar-refractivity contribution in [3.05, 3.63) is 29.7 Å². The van der Waals surface area contributed by atoms with Crippen LogP contribution in [0.3, 0.4) is 0 Å². The number of anilines is 2. The third-order valence-electron chi connectivity index (χ3n) is 3.69. The van der Waals surface area contributed by atoms with Crippen molar-refractivity contribution in [3.8, 4) is 0 Å². The van der Waals surface area contributed by atoms with Gasteiger partial charge in [-0.05, 0) is 26.0 Å². The molecule has 0 saturated carbocycles. The highest BCUT2D eigenvalue weighted by Crippen LogP contribution is 2.21. The van der Waals surface area contributed by atoms with E-state index in [1.54, 1.807) is 26.1 Å². The first-order valence-electron chi connectivity index (χ1n) is 7.30. The van der Waals surface area contributed by atoms with Crippen LogP contribution in [0.25, 0.3) is 0 Å². The number of aromatic amines is 1. The number of pyridine rings is 1. The van der Waals surface area contributed by atoms with E-state index in [0.717, 1.165) is 18.8 Å². The third kappa shape index (κ3) is 3.30. The lowest BCUT2D eigenvalue weighted by Gasteiger charge is -2.28. The van der Waals surface area contributed by atoms with Crippen LogP contribution in [-0.2, 0) is 14.8 Å². The van der Waals surface area contributed by atoms with Gasteiger partial charge in [0.1, 0.15) is 10.7 Å². The maximum absolute atomic E-state index is 12.5. The van der Waals surface area contributed by atoms with Crippen molar-refractivity contribution >= 4 is 21.5 Å². The van der Waals surface area contributed by atoms with Crippen LogP contribution in [0.5, 0.6) is 0 Å². The molecule has 1 saturated heterocycles. The molecule has 1 aliphatic rings. The Morgan fingerprint density at radius 3 is 2.57 bits per heavy atom. The average Bonchev–Trinajstić information content (AvgIpc) is 2.88. The van der Waals surface area contributed by atoms with E-state index in [1.807, 2.05) is 6.07 Å². The number of aromatic nitrogens is 3. The SMILES string of the molecule is Cc1n[nH]c(C)c1S(=O)(=O)Nc1ccc(N2CCOCC2)cn1. The Morgan fingerprint density at radius 1 is 1.26 bits per heavy atom. The van der Waals surface area contributed by atoms with Crippen molar-refractivity contribution in [3.63, 3.8) is 0 Å². The lowest BCUT2D eigenvalue weighted by atomic mass is 10.3. The van der Waals surface area contributed by atoms with E-state index < -0.39 is 10.0 Å². The Kier molecular flexibility index (Phi) is 4.22. The first kappa shape index (κ1) is 15.8. The minimum atomic E-state index is -3.71. The van der Waals surface area contributed by atoms with Gasteiger partial charge >= 0.3 is 0 Å². The van der Waals surface area contributed by atoms with Crippen molar-refractivity contribution in [2.75, 3.05) is 35.9 Å². The summed E-state index contributed by atoms with van der Waals surface area (Å²) in [6.07, 6.45) is 1.66. The van der Waals surface area contributed by atoms with Gasteiger partial charge in [0.2, 0.25) is 0 Å². The van der Waals surface area contributed by atoms with Crippen LogP contribution in [0.1, 0.15) is 11.4 Å². The van der Waals surface area contributed by atoms with Crippen molar-refractivity contribution in [2.24, 2.45) is 0 Å². The van der Waals surface area contributed by atoms with Gasteiger partial charge in [-0.3, -0.25) is 9.82 Å². The Morgan fingerprint density at radius 2 is 2.00 bits per heavy atom. The van der Waals surface area contributed by atoms with Crippen molar-refractivity contribution < 1.29 is 13.2 Å². The van der Waals surface area contributed by atoms with Crippen molar-refractivity contribution in [1.29, 1.82) is 0 Å². The molecule has 0 bridgehead atoms. The summed E-state index contributed by atoms with van der Waals surface area (Å²) in [4.78, 5) is 6.52. The fraction of sp³-hybridized carbons (Fsp3) is 0.429.